The highest BCUT2D eigenvalue weighted by Crippen LogP contribution is 2.52. The quantitative estimate of drug-likeness (QED) is 0.424. The summed E-state index contributed by atoms with van der Waals surface area (Å²) < 4.78 is 7.91. The van der Waals surface area contributed by atoms with Gasteiger partial charge in [0.2, 0.25) is 0 Å². The van der Waals surface area contributed by atoms with Crippen LogP contribution in [-0.2, 0) is 11.2 Å². The molecule has 0 radical (unpaired) electrons. The first-order valence-electron chi connectivity index (χ1n) is 11.5. The molecule has 7 heteroatoms. The summed E-state index contributed by atoms with van der Waals surface area (Å²) in [4.78, 5) is 16.7. The molecule has 35 heavy (non-hydrogen) atoms. The Morgan fingerprint density at radius 1 is 1.26 bits per heavy atom. The third-order valence-electron chi connectivity index (χ3n) is 6.49. The van der Waals surface area contributed by atoms with E-state index >= 15 is 0 Å². The van der Waals surface area contributed by atoms with Gasteiger partial charge in [0.05, 0.1) is 30.0 Å². The molecule has 4 rings (SSSR count). The number of pyridine rings is 1. The predicted octanol–water partition coefficient (Wildman–Crippen LogP) is 6.08. The van der Waals surface area contributed by atoms with Gasteiger partial charge < -0.3 is 14.1 Å². The SMILES string of the molecule is C/C=S(/C)N1c2c(cc(-c3ccc(C)cc3)c(CC(=O)O)c2C)-c2ncc(OCC#N)cc2[C@H]1C. The highest BCUT2D eigenvalue weighted by molar-refractivity contribution is 8.15. The van der Waals surface area contributed by atoms with E-state index in [9.17, 15) is 9.90 Å². The highest BCUT2D eigenvalue weighted by Gasteiger charge is 2.34. The maximum absolute atomic E-state index is 11.9. The molecule has 2 heterocycles. The Morgan fingerprint density at radius 3 is 2.60 bits per heavy atom. The molecule has 0 saturated heterocycles. The number of fused-ring (bicyclic) bond motifs is 3. The van der Waals surface area contributed by atoms with Gasteiger partial charge in [0.25, 0.3) is 0 Å². The zero-order valence-electron chi connectivity index (χ0n) is 20.6. The van der Waals surface area contributed by atoms with Gasteiger partial charge in [-0.25, -0.2) is 0 Å². The molecule has 0 saturated carbocycles. The molecule has 0 spiro atoms. The van der Waals surface area contributed by atoms with Crippen LogP contribution in [0.15, 0.2) is 42.6 Å². The van der Waals surface area contributed by atoms with Gasteiger partial charge in [0.1, 0.15) is 11.8 Å². The van der Waals surface area contributed by atoms with Crippen molar-refractivity contribution in [3.05, 3.63) is 64.8 Å². The molecule has 2 atom stereocenters. The van der Waals surface area contributed by atoms with Crippen LogP contribution in [0, 0.1) is 25.2 Å². The van der Waals surface area contributed by atoms with Crippen LogP contribution in [0.2, 0.25) is 0 Å². The van der Waals surface area contributed by atoms with Crippen LogP contribution >= 0.6 is 10.7 Å². The Labute approximate surface area is 208 Å². The maximum atomic E-state index is 11.9. The molecule has 1 N–H and O–H groups in total. The molecule has 0 fully saturated rings. The van der Waals surface area contributed by atoms with Crippen LogP contribution in [0.5, 0.6) is 5.75 Å². The van der Waals surface area contributed by atoms with E-state index in [0.29, 0.717) is 5.75 Å². The van der Waals surface area contributed by atoms with Gasteiger partial charge in [-0.1, -0.05) is 29.8 Å². The normalized spacial score (nSPS) is 15.2. The topological polar surface area (TPSA) is 86.5 Å². The van der Waals surface area contributed by atoms with E-state index < -0.39 is 5.97 Å². The van der Waals surface area contributed by atoms with E-state index in [4.69, 9.17) is 15.0 Å². The predicted molar refractivity (Wildman–Crippen MR) is 143 cm³/mol. The number of aryl methyl sites for hydroxylation is 1. The zero-order chi connectivity index (χ0) is 25.3. The number of aromatic nitrogens is 1. The van der Waals surface area contributed by atoms with Crippen molar-refractivity contribution in [2.24, 2.45) is 0 Å². The van der Waals surface area contributed by atoms with Gasteiger partial charge in [0.15, 0.2) is 6.61 Å². The molecule has 6 nitrogen and oxygen atoms in total. The Kier molecular flexibility index (Phi) is 6.95. The fourth-order valence-corrected chi connectivity index (χ4v) is 6.07. The maximum Gasteiger partial charge on any atom is 0.307 e. The number of carbonyl (C=O) groups is 1. The van der Waals surface area contributed by atoms with E-state index in [1.165, 1.54) is 0 Å². The number of hydrogen-bond acceptors (Lipinski definition) is 5. The average molecular weight is 488 g/mol. The Hall–Kier alpha value is -3.63. The van der Waals surface area contributed by atoms with Gasteiger partial charge in [-0.2, -0.15) is 5.26 Å². The second-order valence-electron chi connectivity index (χ2n) is 8.68. The Balaban J connectivity index is 2.05. The summed E-state index contributed by atoms with van der Waals surface area (Å²) in [6, 6.07) is 14.2. The second kappa shape index (κ2) is 9.93. The van der Waals surface area contributed by atoms with Crippen molar-refractivity contribution in [2.75, 3.05) is 17.2 Å². The lowest BCUT2D eigenvalue weighted by Crippen LogP contribution is -2.28. The summed E-state index contributed by atoms with van der Waals surface area (Å²) in [6.45, 7) is 8.20. The Bertz CT molecular complexity index is 1370. The van der Waals surface area contributed by atoms with Gasteiger partial charge >= 0.3 is 5.97 Å². The van der Waals surface area contributed by atoms with E-state index in [1.807, 2.05) is 57.2 Å². The summed E-state index contributed by atoms with van der Waals surface area (Å²) in [6.07, 6.45) is 3.77. The van der Waals surface area contributed by atoms with Crippen molar-refractivity contribution in [2.45, 2.75) is 40.2 Å². The molecule has 1 aliphatic heterocycles. The molecular weight excluding hydrogens is 458 g/mol. The lowest BCUT2D eigenvalue weighted by molar-refractivity contribution is -0.136. The van der Waals surface area contributed by atoms with E-state index in [1.54, 1.807) is 6.20 Å². The van der Waals surface area contributed by atoms with Crippen LogP contribution in [0.1, 0.15) is 42.1 Å². The van der Waals surface area contributed by atoms with Crippen LogP contribution in [-0.4, -0.2) is 34.3 Å². The monoisotopic (exact) mass is 487 g/mol. The first kappa shape index (κ1) is 24.5. The summed E-state index contributed by atoms with van der Waals surface area (Å²) >= 11 is 0. The van der Waals surface area contributed by atoms with E-state index in [2.05, 4.69) is 28.9 Å². The number of nitrogens with zero attached hydrogens (tertiary/aromatic N) is 3. The number of nitriles is 1. The number of anilines is 1. The fourth-order valence-electron chi connectivity index (χ4n) is 4.71. The van der Waals surface area contributed by atoms with Crippen molar-refractivity contribution >= 4 is 27.7 Å². The number of benzene rings is 2. The summed E-state index contributed by atoms with van der Waals surface area (Å²) in [5.41, 5.74) is 8.71. The molecule has 3 aromatic rings. The van der Waals surface area contributed by atoms with Crippen LogP contribution in [0.3, 0.4) is 0 Å². The van der Waals surface area contributed by atoms with Crippen molar-refractivity contribution in [3.8, 4) is 34.2 Å². The van der Waals surface area contributed by atoms with Gasteiger partial charge in [-0.3, -0.25) is 9.78 Å². The summed E-state index contributed by atoms with van der Waals surface area (Å²) in [5.74, 6) is -0.290. The van der Waals surface area contributed by atoms with Gasteiger partial charge in [0, 0.05) is 11.1 Å². The van der Waals surface area contributed by atoms with Gasteiger partial charge in [-0.05, 0) is 73.7 Å². The average Bonchev–Trinajstić information content (AvgIpc) is 2.84. The molecule has 0 bridgehead atoms. The number of hydrogen-bond donors (Lipinski definition) is 1. The van der Waals surface area contributed by atoms with Crippen molar-refractivity contribution in [1.29, 1.82) is 5.26 Å². The third kappa shape index (κ3) is 4.54. The van der Waals surface area contributed by atoms with Crippen molar-refractivity contribution < 1.29 is 14.6 Å². The second-order valence-corrected chi connectivity index (χ2v) is 10.6. The molecule has 0 amide bonds. The summed E-state index contributed by atoms with van der Waals surface area (Å²) in [5, 5.41) is 20.9. The van der Waals surface area contributed by atoms with E-state index in [-0.39, 0.29) is 29.7 Å². The lowest BCUT2D eigenvalue weighted by atomic mass is 9.85. The third-order valence-corrected chi connectivity index (χ3v) is 8.29. The van der Waals surface area contributed by atoms with Crippen LogP contribution in [0.4, 0.5) is 5.69 Å². The summed E-state index contributed by atoms with van der Waals surface area (Å²) in [7, 11) is -0.220. The fraction of sp³-hybridized carbons (Fsp3) is 0.286. The minimum absolute atomic E-state index is 0.0122. The number of aliphatic carboxylic acids is 1. The van der Waals surface area contributed by atoms with Crippen LogP contribution < -0.4 is 9.04 Å². The van der Waals surface area contributed by atoms with Gasteiger partial charge in [-0.15, -0.1) is 10.7 Å². The molecule has 0 aliphatic carbocycles. The number of rotatable bonds is 6. The zero-order valence-corrected chi connectivity index (χ0v) is 21.4. The standard InChI is InChI=1S/C28H29N3O3S/c1-6-35(5)31-19(4)23-13-21(34-12-11-29)16-30-27(23)25-14-24(20-9-7-17(2)8-10-20)22(15-26(32)33)18(3)28(25)31/h6-10,13-14,16,19H,12,15H2,1-5H3,(H,32,33)/t19-,35?/m1/s1. The van der Waals surface area contributed by atoms with Crippen molar-refractivity contribution in [1.82, 2.24) is 4.98 Å². The number of ether oxygens (including phenoxy) is 1. The first-order valence-corrected chi connectivity index (χ1v) is 13.1. The molecule has 180 valence electrons. The van der Waals surface area contributed by atoms with Crippen molar-refractivity contribution in [3.63, 3.8) is 0 Å². The molecule has 1 aromatic heterocycles. The number of carboxylic acids is 1. The van der Waals surface area contributed by atoms with E-state index in [0.717, 1.165) is 50.3 Å². The highest BCUT2D eigenvalue weighted by atomic mass is 32.2. The molecule has 1 aliphatic rings. The molecule has 2 aromatic carbocycles. The number of carboxylic acid groups (broad SMARTS) is 1. The van der Waals surface area contributed by atoms with Crippen LogP contribution in [0.25, 0.3) is 22.4 Å². The lowest BCUT2D eigenvalue weighted by Gasteiger charge is -2.40. The largest absolute Gasteiger partial charge is 0.481 e. The minimum atomic E-state index is -0.854. The first-order chi connectivity index (χ1) is 16.8. The Morgan fingerprint density at radius 2 is 1.97 bits per heavy atom. The smallest absolute Gasteiger partial charge is 0.307 e. The molecule has 1 unspecified atom stereocenters. The molecular formula is C28H29N3O3S. The minimum Gasteiger partial charge on any atom is -0.481 e.